The van der Waals surface area contributed by atoms with E-state index in [4.69, 9.17) is 14.6 Å². The molecule has 0 radical (unpaired) electrons. The van der Waals surface area contributed by atoms with E-state index in [2.05, 4.69) is 20.6 Å². The molecule has 0 atom stereocenters. The Morgan fingerprint density at radius 1 is 1.12 bits per heavy atom. The normalized spacial score (nSPS) is 12.6. The summed E-state index contributed by atoms with van der Waals surface area (Å²) in [5.74, 6) is -3.75. The Balaban J connectivity index is 0.000000559. The molecule has 1 aliphatic heterocycles. The third kappa shape index (κ3) is 8.28. The number of halogens is 3. The van der Waals surface area contributed by atoms with Crippen molar-refractivity contribution in [3.63, 3.8) is 0 Å². The lowest BCUT2D eigenvalue weighted by atomic mass is 10.0. The third-order valence-corrected chi connectivity index (χ3v) is 5.46. The van der Waals surface area contributed by atoms with E-state index in [0.717, 1.165) is 52.3 Å². The maximum atomic E-state index is 12.1. The summed E-state index contributed by atoms with van der Waals surface area (Å²) in [4.78, 5) is 52.1. The highest BCUT2D eigenvalue weighted by Crippen LogP contribution is 2.27. The van der Waals surface area contributed by atoms with Crippen LogP contribution in [0, 0.1) is 0 Å². The van der Waals surface area contributed by atoms with Gasteiger partial charge >= 0.3 is 18.1 Å². The number of carboxylic acids is 1. The molecule has 210 valence electrons. The summed E-state index contributed by atoms with van der Waals surface area (Å²) in [5.41, 5.74) is 6.01. The number of carboxylic acid groups (broad SMARTS) is 1. The second kappa shape index (κ2) is 13.2. The quantitative estimate of drug-likeness (QED) is 0.256. The molecule has 0 saturated carbocycles. The van der Waals surface area contributed by atoms with E-state index in [9.17, 15) is 27.6 Å². The van der Waals surface area contributed by atoms with Crippen molar-refractivity contribution in [3.05, 3.63) is 77.6 Å². The van der Waals surface area contributed by atoms with Crippen LogP contribution in [-0.4, -0.2) is 58.2 Å². The van der Waals surface area contributed by atoms with Gasteiger partial charge in [0.15, 0.2) is 0 Å². The number of nitrogens with one attached hydrogen (secondary N) is 3. The molecule has 40 heavy (non-hydrogen) atoms. The first kappa shape index (κ1) is 29.6. The van der Waals surface area contributed by atoms with Gasteiger partial charge in [-0.25, -0.2) is 9.59 Å². The van der Waals surface area contributed by atoms with Crippen molar-refractivity contribution in [2.75, 3.05) is 13.2 Å². The highest BCUT2D eigenvalue weighted by molar-refractivity contribution is 5.98. The van der Waals surface area contributed by atoms with E-state index in [1.54, 1.807) is 13.1 Å². The topological polar surface area (TPSA) is 150 Å². The van der Waals surface area contributed by atoms with Crippen LogP contribution in [-0.2, 0) is 32.1 Å². The van der Waals surface area contributed by atoms with Crippen LogP contribution in [0.25, 0.3) is 22.5 Å². The first-order valence-electron chi connectivity index (χ1n) is 12.0. The van der Waals surface area contributed by atoms with E-state index in [1.807, 2.05) is 42.5 Å². The zero-order valence-corrected chi connectivity index (χ0v) is 21.2. The standard InChI is InChI=1S/C25H24N4O4.C2HF3O2/c1-2-33-24(31)7-6-23(30)28-15-16-4-3-5-17(12-16)21-13-18(8-10-26-21)22-14-19-20(29-22)9-11-27-25(19)32;3-2(4,5)1(6)7/h3-8,10,12-14,29H,2,9,11,15H2,1H3,(H,27,32)(H,28,30);(H,6,7)/b7-6+;. The van der Waals surface area contributed by atoms with Gasteiger partial charge in [-0.2, -0.15) is 13.2 Å². The number of amides is 2. The number of hydrogen-bond donors (Lipinski definition) is 4. The monoisotopic (exact) mass is 558 g/mol. The van der Waals surface area contributed by atoms with Crippen molar-refractivity contribution in [2.45, 2.75) is 26.1 Å². The van der Waals surface area contributed by atoms with E-state index in [0.29, 0.717) is 18.7 Å². The van der Waals surface area contributed by atoms with Crippen molar-refractivity contribution < 1.29 is 42.2 Å². The first-order valence-corrected chi connectivity index (χ1v) is 12.0. The lowest BCUT2D eigenvalue weighted by molar-refractivity contribution is -0.192. The summed E-state index contributed by atoms with van der Waals surface area (Å²) in [7, 11) is 0. The van der Waals surface area contributed by atoms with Gasteiger partial charge in [-0.3, -0.25) is 14.6 Å². The Labute approximate surface area is 226 Å². The number of pyridine rings is 1. The summed E-state index contributed by atoms with van der Waals surface area (Å²) in [6.45, 7) is 2.90. The largest absolute Gasteiger partial charge is 0.490 e. The minimum Gasteiger partial charge on any atom is -0.475 e. The zero-order chi connectivity index (χ0) is 29.3. The summed E-state index contributed by atoms with van der Waals surface area (Å²) >= 11 is 0. The lowest BCUT2D eigenvalue weighted by Crippen LogP contribution is -2.31. The molecule has 13 heteroatoms. The van der Waals surface area contributed by atoms with Gasteiger partial charge in [0, 0.05) is 60.4 Å². The number of benzene rings is 1. The maximum Gasteiger partial charge on any atom is 0.490 e. The predicted octanol–water partition coefficient (Wildman–Crippen LogP) is 3.40. The Hall–Kier alpha value is -4.94. The van der Waals surface area contributed by atoms with Crippen LogP contribution in [0.1, 0.15) is 28.5 Å². The summed E-state index contributed by atoms with van der Waals surface area (Å²) in [5, 5.41) is 12.7. The van der Waals surface area contributed by atoms with Crippen LogP contribution in [0.3, 0.4) is 0 Å². The van der Waals surface area contributed by atoms with E-state index in [1.165, 1.54) is 0 Å². The molecule has 4 rings (SSSR count). The summed E-state index contributed by atoms with van der Waals surface area (Å²) < 4.78 is 36.5. The smallest absolute Gasteiger partial charge is 0.475 e. The number of aliphatic carboxylic acids is 1. The van der Waals surface area contributed by atoms with Gasteiger partial charge in [-0.05, 0) is 36.8 Å². The molecule has 0 unspecified atom stereocenters. The first-order chi connectivity index (χ1) is 19.0. The van der Waals surface area contributed by atoms with Crippen LogP contribution in [0.15, 0.2) is 60.8 Å². The SMILES string of the molecule is CCOC(=O)/C=C/C(=O)NCc1cccc(-c2cc(-c3cc4c([nH]3)CCNC4=O)ccn2)c1.O=C(O)C(F)(F)F. The maximum absolute atomic E-state index is 12.1. The predicted molar refractivity (Wildman–Crippen MR) is 137 cm³/mol. The van der Waals surface area contributed by atoms with Gasteiger partial charge in [0.25, 0.3) is 5.91 Å². The molecule has 3 heterocycles. The number of fused-ring (bicyclic) bond motifs is 1. The minimum atomic E-state index is -5.08. The molecular weight excluding hydrogens is 533 g/mol. The van der Waals surface area contributed by atoms with E-state index < -0.39 is 18.1 Å². The van der Waals surface area contributed by atoms with Gasteiger partial charge in [0.2, 0.25) is 5.91 Å². The van der Waals surface area contributed by atoms with E-state index >= 15 is 0 Å². The highest BCUT2D eigenvalue weighted by Gasteiger charge is 2.38. The summed E-state index contributed by atoms with van der Waals surface area (Å²) in [6.07, 6.45) is -0.309. The van der Waals surface area contributed by atoms with Gasteiger partial charge in [0.05, 0.1) is 17.9 Å². The Bertz CT molecular complexity index is 1430. The van der Waals surface area contributed by atoms with Crippen LogP contribution in [0.2, 0.25) is 0 Å². The van der Waals surface area contributed by atoms with Crippen molar-refractivity contribution in [2.24, 2.45) is 0 Å². The second-order valence-electron chi connectivity index (χ2n) is 8.32. The van der Waals surface area contributed by atoms with Crippen LogP contribution >= 0.6 is 0 Å². The number of carbonyl (C=O) groups excluding carboxylic acids is 3. The number of ether oxygens (including phenoxy) is 1. The average molecular weight is 559 g/mol. The van der Waals surface area contributed by atoms with Gasteiger partial charge in [-0.15, -0.1) is 0 Å². The Kier molecular flexibility index (Phi) is 9.79. The number of H-pyrrole nitrogens is 1. The van der Waals surface area contributed by atoms with Crippen molar-refractivity contribution >= 4 is 23.8 Å². The molecule has 0 saturated heterocycles. The van der Waals surface area contributed by atoms with Crippen LogP contribution < -0.4 is 10.6 Å². The van der Waals surface area contributed by atoms with E-state index in [-0.39, 0.29) is 18.4 Å². The van der Waals surface area contributed by atoms with Gasteiger partial charge < -0.3 is 25.5 Å². The minimum absolute atomic E-state index is 0.0557. The molecule has 2 amide bonds. The molecule has 4 N–H and O–H groups in total. The molecule has 0 aliphatic carbocycles. The fraction of sp³-hybridized carbons (Fsp3) is 0.222. The molecule has 1 aliphatic rings. The molecular formula is C27H25F3N4O6. The molecule has 0 fully saturated rings. The Morgan fingerprint density at radius 3 is 2.55 bits per heavy atom. The number of carbonyl (C=O) groups is 4. The van der Waals surface area contributed by atoms with Crippen molar-refractivity contribution in [3.8, 4) is 22.5 Å². The summed E-state index contributed by atoms with van der Waals surface area (Å²) in [6, 6.07) is 13.4. The number of alkyl halides is 3. The number of aromatic amines is 1. The Morgan fingerprint density at radius 2 is 1.88 bits per heavy atom. The van der Waals surface area contributed by atoms with Crippen molar-refractivity contribution in [1.82, 2.24) is 20.6 Å². The zero-order valence-electron chi connectivity index (χ0n) is 21.2. The van der Waals surface area contributed by atoms with Crippen LogP contribution in [0.5, 0.6) is 0 Å². The lowest BCUT2D eigenvalue weighted by Gasteiger charge is -2.11. The molecule has 0 bridgehead atoms. The molecule has 2 aromatic heterocycles. The molecule has 10 nitrogen and oxygen atoms in total. The van der Waals surface area contributed by atoms with Gasteiger partial charge in [-0.1, -0.05) is 18.2 Å². The fourth-order valence-corrected chi connectivity index (χ4v) is 3.63. The number of nitrogens with zero attached hydrogens (tertiary/aromatic N) is 1. The number of aromatic nitrogens is 2. The number of hydrogen-bond acceptors (Lipinski definition) is 6. The second-order valence-corrected chi connectivity index (χ2v) is 8.32. The third-order valence-electron chi connectivity index (χ3n) is 5.46. The van der Waals surface area contributed by atoms with Crippen molar-refractivity contribution in [1.29, 1.82) is 0 Å². The highest BCUT2D eigenvalue weighted by atomic mass is 19.4. The molecule has 3 aromatic rings. The molecule has 0 spiro atoms. The average Bonchev–Trinajstić information content (AvgIpc) is 3.37. The number of rotatable bonds is 7. The van der Waals surface area contributed by atoms with Crippen LogP contribution in [0.4, 0.5) is 13.2 Å². The number of esters is 1. The molecule has 1 aromatic carbocycles. The fourth-order valence-electron chi connectivity index (χ4n) is 3.63. The van der Waals surface area contributed by atoms with Gasteiger partial charge in [0.1, 0.15) is 0 Å².